The van der Waals surface area contributed by atoms with E-state index >= 15 is 0 Å². The molecule has 0 atom stereocenters. The van der Waals surface area contributed by atoms with Crippen molar-refractivity contribution < 1.29 is 14.2 Å². The van der Waals surface area contributed by atoms with E-state index in [0.717, 1.165) is 35.3 Å². The zero-order valence-corrected chi connectivity index (χ0v) is 19.8. The first-order valence-corrected chi connectivity index (χ1v) is 11.0. The lowest BCUT2D eigenvalue weighted by molar-refractivity contribution is 0.354. The van der Waals surface area contributed by atoms with Crippen molar-refractivity contribution in [2.45, 2.75) is 26.2 Å². The molecule has 4 rings (SSSR count). The summed E-state index contributed by atoms with van der Waals surface area (Å²) in [5.74, 6) is 3.22. The Bertz CT molecular complexity index is 1270. The summed E-state index contributed by atoms with van der Waals surface area (Å²) in [7, 11) is 4.82. The maximum absolute atomic E-state index is 6.31. The number of H-pyrrole nitrogens is 1. The van der Waals surface area contributed by atoms with Crippen molar-refractivity contribution in [3.8, 4) is 17.2 Å². The number of benzene rings is 2. The van der Waals surface area contributed by atoms with Gasteiger partial charge in [0, 0.05) is 12.1 Å². The molecule has 0 fully saturated rings. The van der Waals surface area contributed by atoms with Crippen LogP contribution in [0.2, 0.25) is 5.02 Å². The average Bonchev–Trinajstić information content (AvgIpc) is 3.22. The lowest BCUT2D eigenvalue weighted by Crippen LogP contribution is -2.03. The Kier molecular flexibility index (Phi) is 6.84. The second-order valence-electron chi connectivity index (χ2n) is 7.48. The minimum atomic E-state index is 0.507. The fourth-order valence-corrected chi connectivity index (χ4v) is 3.90. The third kappa shape index (κ3) is 4.80. The highest BCUT2D eigenvalue weighted by atomic mass is 35.5. The first-order chi connectivity index (χ1) is 16.1. The molecule has 0 unspecified atom stereocenters. The molecule has 0 aliphatic heterocycles. The topological polar surface area (TPSA) is 94.2 Å². The van der Waals surface area contributed by atoms with Crippen molar-refractivity contribution in [1.29, 1.82) is 0 Å². The van der Waals surface area contributed by atoms with Crippen LogP contribution in [-0.4, -0.2) is 41.5 Å². The second kappa shape index (κ2) is 9.95. The van der Waals surface area contributed by atoms with E-state index in [4.69, 9.17) is 35.8 Å². The Balaban J connectivity index is 1.74. The van der Waals surface area contributed by atoms with Gasteiger partial charge in [-0.2, -0.15) is 5.10 Å². The predicted octanol–water partition coefficient (Wildman–Crippen LogP) is 5.32. The van der Waals surface area contributed by atoms with E-state index in [1.165, 1.54) is 0 Å². The third-order valence-corrected chi connectivity index (χ3v) is 5.54. The van der Waals surface area contributed by atoms with E-state index in [-0.39, 0.29) is 0 Å². The van der Waals surface area contributed by atoms with E-state index in [9.17, 15) is 0 Å². The molecule has 0 amide bonds. The number of hydrogen-bond acceptors (Lipinski definition) is 7. The van der Waals surface area contributed by atoms with Crippen molar-refractivity contribution >= 4 is 34.1 Å². The molecule has 2 heterocycles. The van der Waals surface area contributed by atoms with E-state index in [2.05, 4.69) is 22.4 Å². The number of nitrogens with one attached hydrogen (secondary N) is 2. The van der Waals surface area contributed by atoms with E-state index in [0.29, 0.717) is 45.9 Å². The number of aromatic nitrogens is 4. The van der Waals surface area contributed by atoms with Gasteiger partial charge in [-0.1, -0.05) is 31.0 Å². The number of rotatable bonds is 9. The molecule has 0 bridgehead atoms. The van der Waals surface area contributed by atoms with Gasteiger partial charge in [-0.25, -0.2) is 9.97 Å². The van der Waals surface area contributed by atoms with E-state index in [1.807, 2.05) is 24.3 Å². The monoisotopic (exact) mass is 467 g/mol. The molecule has 8 nitrogen and oxygen atoms in total. The Morgan fingerprint density at radius 3 is 2.36 bits per heavy atom. The number of hydrogen-bond donors (Lipinski definition) is 2. The summed E-state index contributed by atoms with van der Waals surface area (Å²) >= 11 is 6.31. The molecule has 172 valence electrons. The standard InChI is InChI=1S/C24H26ClN5O3/c1-5-6-17-22-23(30-29-17)24(26-15-8-10-18(31-2)16(25)13-15)28-21(27-22)12-14-7-9-19(32-3)20(11-14)33-4/h7-11,13H,5-6,12H2,1-4H3,(H,29,30)(H,26,27,28). The number of aromatic amines is 1. The maximum atomic E-state index is 6.31. The highest BCUT2D eigenvalue weighted by molar-refractivity contribution is 6.32. The molecule has 4 aromatic rings. The normalized spacial score (nSPS) is 10.9. The van der Waals surface area contributed by atoms with Crippen molar-refractivity contribution in [2.75, 3.05) is 26.6 Å². The number of fused-ring (bicyclic) bond motifs is 1. The van der Waals surface area contributed by atoms with Crippen LogP contribution < -0.4 is 19.5 Å². The summed E-state index contributed by atoms with van der Waals surface area (Å²) in [6, 6.07) is 11.3. The number of nitrogens with zero attached hydrogens (tertiary/aromatic N) is 3. The summed E-state index contributed by atoms with van der Waals surface area (Å²) in [4.78, 5) is 9.62. The molecular weight excluding hydrogens is 442 g/mol. The quantitative estimate of drug-likeness (QED) is 0.344. The van der Waals surface area contributed by atoms with Crippen LogP contribution in [-0.2, 0) is 12.8 Å². The van der Waals surface area contributed by atoms with Gasteiger partial charge in [0.2, 0.25) is 0 Å². The van der Waals surface area contributed by atoms with Crippen molar-refractivity contribution in [3.63, 3.8) is 0 Å². The average molecular weight is 468 g/mol. The molecule has 0 spiro atoms. The number of methoxy groups -OCH3 is 3. The lowest BCUT2D eigenvalue weighted by atomic mass is 10.1. The van der Waals surface area contributed by atoms with Crippen LogP contribution in [0.5, 0.6) is 17.2 Å². The van der Waals surface area contributed by atoms with Crippen LogP contribution in [0, 0.1) is 0 Å². The Labute approximate surface area is 197 Å². The molecule has 2 N–H and O–H groups in total. The molecule has 9 heteroatoms. The van der Waals surface area contributed by atoms with E-state index < -0.39 is 0 Å². The van der Waals surface area contributed by atoms with Gasteiger partial charge in [0.05, 0.1) is 32.0 Å². The van der Waals surface area contributed by atoms with Gasteiger partial charge in [0.1, 0.15) is 17.1 Å². The van der Waals surface area contributed by atoms with Crippen LogP contribution in [0.25, 0.3) is 11.0 Å². The second-order valence-corrected chi connectivity index (χ2v) is 7.89. The molecule has 2 aromatic carbocycles. The molecule has 0 saturated heterocycles. The lowest BCUT2D eigenvalue weighted by Gasteiger charge is -2.12. The molecule has 33 heavy (non-hydrogen) atoms. The summed E-state index contributed by atoms with van der Waals surface area (Å²) in [6.07, 6.45) is 2.34. The molecule has 0 radical (unpaired) electrons. The number of aryl methyl sites for hydroxylation is 1. The summed E-state index contributed by atoms with van der Waals surface area (Å²) < 4.78 is 16.0. The molecule has 2 aromatic heterocycles. The van der Waals surface area contributed by atoms with Gasteiger partial charge in [-0.15, -0.1) is 0 Å². The van der Waals surface area contributed by atoms with Gasteiger partial charge in [-0.05, 0) is 42.3 Å². The first kappa shape index (κ1) is 22.7. The fraction of sp³-hybridized carbons (Fsp3) is 0.292. The van der Waals surface area contributed by atoms with Crippen molar-refractivity contribution in [1.82, 2.24) is 20.2 Å². The zero-order valence-electron chi connectivity index (χ0n) is 19.0. The number of halogens is 1. The Hall–Kier alpha value is -3.52. The van der Waals surface area contributed by atoms with Gasteiger partial charge in [0.25, 0.3) is 0 Å². The largest absolute Gasteiger partial charge is 0.495 e. The SMILES string of the molecule is CCCc1[nH]nc2c(Nc3ccc(OC)c(Cl)c3)nc(Cc3ccc(OC)c(OC)c3)nc12. The van der Waals surface area contributed by atoms with Gasteiger partial charge >= 0.3 is 0 Å². The molecule has 0 saturated carbocycles. The van der Waals surface area contributed by atoms with Crippen LogP contribution in [0.4, 0.5) is 11.5 Å². The van der Waals surface area contributed by atoms with Gasteiger partial charge in [-0.3, -0.25) is 5.10 Å². The van der Waals surface area contributed by atoms with Crippen LogP contribution in [0.15, 0.2) is 36.4 Å². The summed E-state index contributed by atoms with van der Waals surface area (Å²) in [6.45, 7) is 2.12. The Morgan fingerprint density at radius 2 is 1.67 bits per heavy atom. The van der Waals surface area contributed by atoms with Gasteiger partial charge in [0.15, 0.2) is 22.8 Å². The highest BCUT2D eigenvalue weighted by Gasteiger charge is 2.16. The van der Waals surface area contributed by atoms with E-state index in [1.54, 1.807) is 33.5 Å². The highest BCUT2D eigenvalue weighted by Crippen LogP contribution is 2.32. The van der Waals surface area contributed by atoms with Crippen LogP contribution in [0.1, 0.15) is 30.4 Å². The smallest absolute Gasteiger partial charge is 0.162 e. The van der Waals surface area contributed by atoms with Crippen LogP contribution >= 0.6 is 11.6 Å². The number of ether oxygens (including phenoxy) is 3. The van der Waals surface area contributed by atoms with Crippen LogP contribution in [0.3, 0.4) is 0 Å². The van der Waals surface area contributed by atoms with Gasteiger partial charge < -0.3 is 19.5 Å². The molecule has 0 aliphatic carbocycles. The predicted molar refractivity (Wildman–Crippen MR) is 129 cm³/mol. The molecule has 0 aliphatic rings. The minimum absolute atomic E-state index is 0.507. The van der Waals surface area contributed by atoms with Crippen molar-refractivity contribution in [2.24, 2.45) is 0 Å². The first-order valence-electron chi connectivity index (χ1n) is 10.6. The van der Waals surface area contributed by atoms with Crippen molar-refractivity contribution in [3.05, 3.63) is 58.5 Å². The molecular formula is C24H26ClN5O3. The number of anilines is 2. The summed E-state index contributed by atoms with van der Waals surface area (Å²) in [5.41, 5.74) is 4.26. The third-order valence-electron chi connectivity index (χ3n) is 5.24. The zero-order chi connectivity index (χ0) is 23.4. The fourth-order valence-electron chi connectivity index (χ4n) is 3.64. The maximum Gasteiger partial charge on any atom is 0.162 e. The Morgan fingerprint density at radius 1 is 0.909 bits per heavy atom. The summed E-state index contributed by atoms with van der Waals surface area (Å²) in [5, 5.41) is 11.5. The minimum Gasteiger partial charge on any atom is -0.495 e.